The first-order chi connectivity index (χ1) is 12.3. The molecule has 0 unspecified atom stereocenters. The Kier molecular flexibility index (Phi) is 6.66. The highest BCUT2D eigenvalue weighted by Gasteiger charge is 2.27. The summed E-state index contributed by atoms with van der Waals surface area (Å²) in [5.41, 5.74) is -0.0212. The van der Waals surface area contributed by atoms with Crippen molar-refractivity contribution in [1.29, 1.82) is 0 Å². The predicted octanol–water partition coefficient (Wildman–Crippen LogP) is -0.680. The van der Waals surface area contributed by atoms with Gasteiger partial charge in [0, 0.05) is 20.1 Å². The Bertz CT molecular complexity index is 788. The molecule has 3 amide bonds. The van der Waals surface area contributed by atoms with E-state index in [4.69, 9.17) is 9.47 Å². The third-order valence-electron chi connectivity index (χ3n) is 3.49. The molecule has 26 heavy (non-hydrogen) atoms. The summed E-state index contributed by atoms with van der Waals surface area (Å²) in [5, 5.41) is 4.11. The summed E-state index contributed by atoms with van der Waals surface area (Å²) >= 11 is 0. The minimum Gasteiger partial charge on any atom is -0.452 e. The molecule has 1 saturated heterocycles. The van der Waals surface area contributed by atoms with E-state index in [1.165, 1.54) is 35.6 Å². The van der Waals surface area contributed by atoms with Crippen molar-refractivity contribution in [3.05, 3.63) is 29.8 Å². The normalized spacial score (nSPS) is 15.1. The minimum absolute atomic E-state index is 0.0212. The van der Waals surface area contributed by atoms with E-state index in [1.54, 1.807) is 0 Å². The predicted molar refractivity (Wildman–Crippen MR) is 88.9 cm³/mol. The van der Waals surface area contributed by atoms with E-state index in [0.717, 1.165) is 0 Å². The van der Waals surface area contributed by atoms with Crippen molar-refractivity contribution in [1.82, 2.24) is 14.9 Å². The topological polar surface area (TPSA) is 131 Å². The molecule has 1 aromatic carbocycles. The van der Waals surface area contributed by atoms with E-state index >= 15 is 0 Å². The summed E-state index contributed by atoms with van der Waals surface area (Å²) < 4.78 is 36.4. The first kappa shape index (κ1) is 19.8. The van der Waals surface area contributed by atoms with E-state index in [0.29, 0.717) is 13.2 Å². The van der Waals surface area contributed by atoms with Gasteiger partial charge in [0.15, 0.2) is 6.61 Å². The molecule has 0 saturated carbocycles. The van der Waals surface area contributed by atoms with Gasteiger partial charge >= 0.3 is 12.0 Å². The summed E-state index contributed by atoms with van der Waals surface area (Å²) in [4.78, 5) is 34.4. The molecule has 0 atom stereocenters. The second kappa shape index (κ2) is 8.74. The fourth-order valence-corrected chi connectivity index (χ4v) is 3.61. The summed E-state index contributed by atoms with van der Waals surface area (Å²) in [6, 6.07) is 4.61. The Balaban J connectivity index is 2.04. The number of hydrogen-bond donors (Lipinski definition) is 2. The van der Waals surface area contributed by atoms with Crippen LogP contribution in [0.15, 0.2) is 29.2 Å². The quantitative estimate of drug-likeness (QED) is 0.642. The number of rotatable bonds is 5. The van der Waals surface area contributed by atoms with Gasteiger partial charge in [-0.2, -0.15) is 4.31 Å². The second-order valence-corrected chi connectivity index (χ2v) is 7.19. The number of imide groups is 1. The molecule has 11 heteroatoms. The first-order valence-corrected chi connectivity index (χ1v) is 9.15. The fourth-order valence-electron chi connectivity index (χ4n) is 2.16. The van der Waals surface area contributed by atoms with Gasteiger partial charge in [0.2, 0.25) is 10.0 Å². The number of nitrogens with one attached hydrogen (secondary N) is 2. The van der Waals surface area contributed by atoms with Gasteiger partial charge < -0.3 is 14.8 Å². The van der Waals surface area contributed by atoms with Crippen molar-refractivity contribution in [3.8, 4) is 0 Å². The van der Waals surface area contributed by atoms with Crippen LogP contribution in [0.25, 0.3) is 0 Å². The lowest BCUT2D eigenvalue weighted by Crippen LogP contribution is -2.40. The number of esters is 1. The number of sulfonamides is 1. The zero-order valence-corrected chi connectivity index (χ0v) is 14.9. The molecule has 0 bridgehead atoms. The molecular formula is C15H19N3O7S. The summed E-state index contributed by atoms with van der Waals surface area (Å²) in [5.74, 6) is -1.69. The van der Waals surface area contributed by atoms with Gasteiger partial charge in [0.1, 0.15) is 0 Å². The van der Waals surface area contributed by atoms with Crippen LogP contribution in [-0.2, 0) is 24.3 Å². The Morgan fingerprint density at radius 2 is 1.92 bits per heavy atom. The van der Waals surface area contributed by atoms with Gasteiger partial charge in [-0.3, -0.25) is 10.1 Å². The molecule has 1 aliphatic heterocycles. The number of ether oxygens (including phenoxy) is 2. The van der Waals surface area contributed by atoms with Gasteiger partial charge in [-0.05, 0) is 18.2 Å². The molecule has 142 valence electrons. The number of benzene rings is 1. The van der Waals surface area contributed by atoms with Crippen molar-refractivity contribution < 1.29 is 32.3 Å². The van der Waals surface area contributed by atoms with Gasteiger partial charge in [0.05, 0.1) is 23.7 Å². The van der Waals surface area contributed by atoms with Crippen LogP contribution in [0, 0.1) is 0 Å². The highest BCUT2D eigenvalue weighted by Crippen LogP contribution is 2.18. The number of carbonyl (C=O) groups excluding carboxylic acids is 3. The third-order valence-corrected chi connectivity index (χ3v) is 5.39. The maximum Gasteiger partial charge on any atom is 0.338 e. The number of carbonyl (C=O) groups is 3. The summed E-state index contributed by atoms with van der Waals surface area (Å²) in [6.07, 6.45) is 0. The molecule has 1 aromatic rings. The van der Waals surface area contributed by atoms with Crippen molar-refractivity contribution in [2.45, 2.75) is 4.90 Å². The number of amides is 3. The lowest BCUT2D eigenvalue weighted by molar-refractivity contribution is -0.123. The fraction of sp³-hybridized carbons (Fsp3) is 0.400. The van der Waals surface area contributed by atoms with E-state index in [1.807, 2.05) is 5.32 Å². The lowest BCUT2D eigenvalue weighted by atomic mass is 10.2. The zero-order valence-electron chi connectivity index (χ0n) is 14.1. The number of morpholine rings is 1. The van der Waals surface area contributed by atoms with E-state index in [9.17, 15) is 22.8 Å². The SMILES string of the molecule is CNC(=O)NC(=O)COC(=O)c1cccc(S(=O)(=O)N2CCOCC2)c1. The van der Waals surface area contributed by atoms with Crippen LogP contribution in [-0.4, -0.2) is 70.6 Å². The zero-order chi connectivity index (χ0) is 19.2. The molecule has 2 rings (SSSR count). The van der Waals surface area contributed by atoms with Crippen LogP contribution < -0.4 is 10.6 Å². The Morgan fingerprint density at radius 1 is 1.23 bits per heavy atom. The third kappa shape index (κ3) is 5.00. The van der Waals surface area contributed by atoms with Crippen LogP contribution in [0.1, 0.15) is 10.4 Å². The van der Waals surface area contributed by atoms with Crippen molar-refractivity contribution in [3.63, 3.8) is 0 Å². The second-order valence-electron chi connectivity index (χ2n) is 5.25. The van der Waals surface area contributed by atoms with Crippen LogP contribution in [0.3, 0.4) is 0 Å². The van der Waals surface area contributed by atoms with Crippen molar-refractivity contribution in [2.24, 2.45) is 0 Å². The number of hydrogen-bond acceptors (Lipinski definition) is 7. The lowest BCUT2D eigenvalue weighted by Gasteiger charge is -2.26. The van der Waals surface area contributed by atoms with Crippen LogP contribution in [0.5, 0.6) is 0 Å². The van der Waals surface area contributed by atoms with Gasteiger partial charge in [-0.25, -0.2) is 18.0 Å². The van der Waals surface area contributed by atoms with Gasteiger partial charge in [-0.15, -0.1) is 0 Å². The molecule has 2 N–H and O–H groups in total. The summed E-state index contributed by atoms with van der Waals surface area (Å²) in [6.45, 7) is 0.406. The first-order valence-electron chi connectivity index (χ1n) is 7.71. The molecule has 0 aliphatic carbocycles. The molecular weight excluding hydrogens is 366 g/mol. The molecule has 1 heterocycles. The average molecular weight is 385 g/mol. The molecule has 0 radical (unpaired) electrons. The smallest absolute Gasteiger partial charge is 0.338 e. The minimum atomic E-state index is -3.76. The van der Waals surface area contributed by atoms with Crippen LogP contribution >= 0.6 is 0 Å². The van der Waals surface area contributed by atoms with E-state index in [-0.39, 0.29) is 23.5 Å². The van der Waals surface area contributed by atoms with E-state index in [2.05, 4.69) is 5.32 Å². The Labute approximate surface area is 150 Å². The van der Waals surface area contributed by atoms with Crippen LogP contribution in [0.2, 0.25) is 0 Å². The van der Waals surface area contributed by atoms with Crippen molar-refractivity contribution >= 4 is 27.9 Å². The Hall–Kier alpha value is -2.50. The monoisotopic (exact) mass is 385 g/mol. The largest absolute Gasteiger partial charge is 0.452 e. The van der Waals surface area contributed by atoms with Gasteiger partial charge in [0.25, 0.3) is 5.91 Å². The van der Waals surface area contributed by atoms with Gasteiger partial charge in [-0.1, -0.05) is 6.07 Å². The van der Waals surface area contributed by atoms with Crippen molar-refractivity contribution in [2.75, 3.05) is 40.0 Å². The highest BCUT2D eigenvalue weighted by molar-refractivity contribution is 7.89. The molecule has 1 aliphatic rings. The molecule has 0 spiro atoms. The van der Waals surface area contributed by atoms with Crippen LogP contribution in [0.4, 0.5) is 4.79 Å². The standard InChI is InChI=1S/C15H19N3O7S/c1-16-15(21)17-13(19)10-25-14(20)11-3-2-4-12(9-11)26(22,23)18-5-7-24-8-6-18/h2-4,9H,5-8,10H2,1H3,(H2,16,17,19,21). The number of nitrogens with zero attached hydrogens (tertiary/aromatic N) is 1. The molecule has 1 fully saturated rings. The molecule has 10 nitrogen and oxygen atoms in total. The molecule has 0 aromatic heterocycles. The Morgan fingerprint density at radius 3 is 2.58 bits per heavy atom. The highest BCUT2D eigenvalue weighted by atomic mass is 32.2. The summed E-state index contributed by atoms with van der Waals surface area (Å²) in [7, 11) is -2.43. The maximum absolute atomic E-state index is 12.6. The number of urea groups is 1. The maximum atomic E-state index is 12.6. The van der Waals surface area contributed by atoms with E-state index < -0.39 is 34.5 Å². The average Bonchev–Trinajstić information content (AvgIpc) is 2.66.